The van der Waals surface area contributed by atoms with E-state index >= 15 is 0 Å². The molecule has 1 heterocycles. The molecule has 0 radical (unpaired) electrons. The van der Waals surface area contributed by atoms with Crippen LogP contribution >= 0.6 is 27.7 Å². The predicted octanol–water partition coefficient (Wildman–Crippen LogP) is 6.91. The Hall–Kier alpha value is -4.13. The van der Waals surface area contributed by atoms with Crippen LogP contribution in [0.5, 0.6) is 5.75 Å². The minimum absolute atomic E-state index is 0.0471. The van der Waals surface area contributed by atoms with Gasteiger partial charge in [0.2, 0.25) is 0 Å². The van der Waals surface area contributed by atoms with Gasteiger partial charge in [0.15, 0.2) is 0 Å². The number of ether oxygens (including phenoxy) is 2. The normalized spacial score (nSPS) is 14.9. The highest BCUT2D eigenvalue weighted by Crippen LogP contribution is 2.41. The number of carbonyl (C=O) groups excluding carboxylic acids is 2. The zero-order valence-corrected chi connectivity index (χ0v) is 23.5. The molecule has 0 bridgehead atoms. The first-order chi connectivity index (χ1) is 18.8. The van der Waals surface area contributed by atoms with Crippen molar-refractivity contribution in [1.82, 2.24) is 0 Å². The van der Waals surface area contributed by atoms with E-state index in [4.69, 9.17) is 9.47 Å². The smallest absolute Gasteiger partial charge is 0.344 e. The average molecular weight is 603 g/mol. The maximum atomic E-state index is 13.0. The number of benzene rings is 3. The van der Waals surface area contributed by atoms with E-state index < -0.39 is 11.9 Å². The van der Waals surface area contributed by atoms with Crippen LogP contribution in [0, 0.1) is 18.3 Å². The first kappa shape index (κ1) is 27.9. The van der Waals surface area contributed by atoms with Crippen LogP contribution in [0.4, 0.5) is 0 Å². The van der Waals surface area contributed by atoms with Crippen LogP contribution in [0.25, 0.3) is 6.08 Å². The number of nitrogens with zero attached hydrogens (tertiary/aromatic N) is 2. The van der Waals surface area contributed by atoms with E-state index in [2.05, 4.69) is 27.0 Å². The summed E-state index contributed by atoms with van der Waals surface area (Å²) in [7, 11) is 0. The lowest BCUT2D eigenvalue weighted by Gasteiger charge is -2.11. The van der Waals surface area contributed by atoms with E-state index in [9.17, 15) is 20.0 Å². The van der Waals surface area contributed by atoms with Gasteiger partial charge < -0.3 is 14.6 Å². The van der Waals surface area contributed by atoms with Crippen LogP contribution in [0.3, 0.4) is 0 Å². The topological polar surface area (TPSA) is 109 Å². The molecule has 1 aliphatic heterocycles. The fraction of sp³-hybridized carbons (Fsp3) is 0.133. The molecule has 0 unspecified atom stereocenters. The SMILES string of the molecule is CCOC(=O)C1=C(O)/C(=C/c2cc(Br)ccc2OCc2ccccc2C#N)SC1=NC(=O)c1ccccc1C. The van der Waals surface area contributed by atoms with Gasteiger partial charge in [-0.25, -0.2) is 9.79 Å². The molecule has 196 valence electrons. The van der Waals surface area contributed by atoms with E-state index in [0.717, 1.165) is 27.4 Å². The van der Waals surface area contributed by atoms with Gasteiger partial charge in [-0.15, -0.1) is 0 Å². The van der Waals surface area contributed by atoms with Gasteiger partial charge >= 0.3 is 5.97 Å². The van der Waals surface area contributed by atoms with Crippen LogP contribution in [-0.4, -0.2) is 28.6 Å². The molecule has 3 aromatic carbocycles. The molecule has 3 aromatic rings. The molecular formula is C30H23BrN2O5S. The molecule has 0 aromatic heterocycles. The van der Waals surface area contributed by atoms with E-state index in [1.807, 2.05) is 24.3 Å². The van der Waals surface area contributed by atoms with Crippen LogP contribution < -0.4 is 4.74 Å². The van der Waals surface area contributed by atoms with Crippen molar-refractivity contribution >= 4 is 50.7 Å². The van der Waals surface area contributed by atoms with Crippen LogP contribution in [0.2, 0.25) is 0 Å². The van der Waals surface area contributed by atoms with Crippen molar-refractivity contribution in [3.8, 4) is 11.8 Å². The lowest BCUT2D eigenvalue weighted by Crippen LogP contribution is -2.14. The molecule has 0 saturated carbocycles. The number of thioether (sulfide) groups is 1. The number of aliphatic imine (C=N–C) groups is 1. The Morgan fingerprint density at radius 2 is 1.87 bits per heavy atom. The first-order valence-corrected chi connectivity index (χ1v) is 13.5. The van der Waals surface area contributed by atoms with Crippen LogP contribution in [0.15, 0.2) is 92.4 Å². The summed E-state index contributed by atoms with van der Waals surface area (Å²) in [6.45, 7) is 3.69. The van der Waals surface area contributed by atoms with Gasteiger partial charge in [0, 0.05) is 21.2 Å². The number of esters is 1. The predicted molar refractivity (Wildman–Crippen MR) is 154 cm³/mol. The van der Waals surface area contributed by atoms with Gasteiger partial charge in [-0.05, 0) is 55.8 Å². The molecule has 0 saturated heterocycles. The fourth-order valence-electron chi connectivity index (χ4n) is 3.77. The number of hydrogen-bond acceptors (Lipinski definition) is 7. The second kappa shape index (κ2) is 12.6. The van der Waals surface area contributed by atoms with Crippen molar-refractivity contribution in [2.45, 2.75) is 20.5 Å². The van der Waals surface area contributed by atoms with Gasteiger partial charge in [0.05, 0.1) is 23.1 Å². The molecule has 4 rings (SSSR count). The molecule has 39 heavy (non-hydrogen) atoms. The Balaban J connectivity index is 1.71. The number of rotatable bonds is 7. The van der Waals surface area contributed by atoms with Gasteiger partial charge in [-0.3, -0.25) is 4.79 Å². The molecule has 1 amide bonds. The summed E-state index contributed by atoms with van der Waals surface area (Å²) in [5.74, 6) is -1.16. The average Bonchev–Trinajstić information content (AvgIpc) is 3.22. The Kier molecular flexibility index (Phi) is 9.02. The summed E-state index contributed by atoms with van der Waals surface area (Å²) in [5.41, 5.74) is 2.81. The Labute approximate surface area is 238 Å². The number of amides is 1. The number of aryl methyl sites for hydroxylation is 1. The maximum Gasteiger partial charge on any atom is 0.344 e. The fourth-order valence-corrected chi connectivity index (χ4v) is 5.16. The van der Waals surface area contributed by atoms with Crippen LogP contribution in [0.1, 0.15) is 39.5 Å². The van der Waals surface area contributed by atoms with Crippen molar-refractivity contribution in [3.05, 3.63) is 115 Å². The summed E-state index contributed by atoms with van der Waals surface area (Å²) in [4.78, 5) is 30.2. The number of halogens is 1. The Morgan fingerprint density at radius 3 is 2.62 bits per heavy atom. The molecule has 7 nitrogen and oxygen atoms in total. The van der Waals surface area contributed by atoms with Crippen molar-refractivity contribution in [2.75, 3.05) is 6.61 Å². The second-order valence-corrected chi connectivity index (χ2v) is 10.3. The number of aliphatic hydroxyl groups is 1. The second-order valence-electron chi connectivity index (χ2n) is 8.33. The van der Waals surface area contributed by atoms with Crippen LogP contribution in [-0.2, 0) is 16.1 Å². The van der Waals surface area contributed by atoms with Crippen molar-refractivity contribution in [3.63, 3.8) is 0 Å². The molecule has 1 aliphatic rings. The molecule has 0 aliphatic carbocycles. The van der Waals surface area contributed by atoms with Gasteiger partial charge in [-0.1, -0.05) is 64.1 Å². The van der Waals surface area contributed by atoms with Crippen molar-refractivity contribution in [1.29, 1.82) is 5.26 Å². The molecule has 0 atom stereocenters. The van der Waals surface area contributed by atoms with E-state index in [1.54, 1.807) is 62.4 Å². The molecular weight excluding hydrogens is 580 g/mol. The summed E-state index contributed by atoms with van der Waals surface area (Å²) in [5, 5.41) is 20.5. The first-order valence-electron chi connectivity index (χ1n) is 11.9. The molecule has 1 N–H and O–H groups in total. The zero-order valence-electron chi connectivity index (χ0n) is 21.1. The highest BCUT2D eigenvalue weighted by atomic mass is 79.9. The third kappa shape index (κ3) is 6.48. The monoisotopic (exact) mass is 602 g/mol. The quantitative estimate of drug-likeness (QED) is 0.292. The number of hydrogen-bond donors (Lipinski definition) is 1. The van der Waals surface area contributed by atoms with Gasteiger partial charge in [0.25, 0.3) is 5.91 Å². The maximum absolute atomic E-state index is 13.0. The summed E-state index contributed by atoms with van der Waals surface area (Å²) in [6.07, 6.45) is 1.65. The van der Waals surface area contributed by atoms with Crippen molar-refractivity contribution < 1.29 is 24.2 Å². The zero-order chi connectivity index (χ0) is 27.9. The number of aliphatic hydroxyl groups excluding tert-OH is 1. The van der Waals surface area contributed by atoms with Gasteiger partial charge in [-0.2, -0.15) is 5.26 Å². The lowest BCUT2D eigenvalue weighted by atomic mass is 10.1. The largest absolute Gasteiger partial charge is 0.506 e. The molecule has 0 fully saturated rings. The minimum Gasteiger partial charge on any atom is -0.506 e. The van der Waals surface area contributed by atoms with Gasteiger partial charge in [0.1, 0.15) is 28.7 Å². The Morgan fingerprint density at radius 1 is 1.13 bits per heavy atom. The summed E-state index contributed by atoms with van der Waals surface area (Å²) in [6, 6.07) is 21.7. The van der Waals surface area contributed by atoms with E-state index in [-0.39, 0.29) is 29.6 Å². The minimum atomic E-state index is -0.777. The third-order valence-corrected chi connectivity index (χ3v) is 7.24. The third-order valence-electron chi connectivity index (χ3n) is 5.73. The lowest BCUT2D eigenvalue weighted by molar-refractivity contribution is -0.138. The molecule has 9 heteroatoms. The standard InChI is InChI=1S/C30H23BrN2O5S/c1-3-37-30(36)26-27(34)25(39-29(26)33-28(35)23-11-7-4-8-18(23)2)15-21-14-22(31)12-13-24(21)38-17-20-10-6-5-9-19(20)16-32/h4-15,34H,3,17H2,1-2H3/b25-15-,33-29?. The number of nitriles is 1. The van der Waals surface area contributed by atoms with E-state index in [0.29, 0.717) is 27.3 Å². The molecule has 0 spiro atoms. The Bertz CT molecular complexity index is 1590. The highest BCUT2D eigenvalue weighted by Gasteiger charge is 2.34. The number of carbonyl (C=O) groups is 2. The summed E-state index contributed by atoms with van der Waals surface area (Å²) >= 11 is 4.45. The van der Waals surface area contributed by atoms with Crippen molar-refractivity contribution in [2.24, 2.45) is 4.99 Å². The highest BCUT2D eigenvalue weighted by molar-refractivity contribution is 9.10. The van der Waals surface area contributed by atoms with E-state index in [1.165, 1.54) is 0 Å². The summed E-state index contributed by atoms with van der Waals surface area (Å²) < 4.78 is 11.9.